The van der Waals surface area contributed by atoms with Crippen molar-refractivity contribution in [2.45, 2.75) is 55.7 Å². The fourth-order valence-corrected chi connectivity index (χ4v) is 10.3. The maximum atomic E-state index is 15.1. The van der Waals surface area contributed by atoms with E-state index >= 15 is 4.79 Å². The molecular formula is C35H43N3O4S. The molecule has 3 unspecified atom stereocenters. The number of carbonyl (C=O) groups excluding carboxylic acids is 3. The average molecular weight is 602 g/mol. The summed E-state index contributed by atoms with van der Waals surface area (Å²) in [5, 5.41) is 10.8. The largest absolute Gasteiger partial charge is 0.394 e. The average Bonchev–Trinajstić information content (AvgIpc) is 3.58. The van der Waals surface area contributed by atoms with Crippen LogP contribution in [0.3, 0.4) is 0 Å². The van der Waals surface area contributed by atoms with Crippen molar-refractivity contribution in [3.05, 3.63) is 90.5 Å². The Balaban J connectivity index is 1.67. The van der Waals surface area contributed by atoms with Crippen LogP contribution in [0.5, 0.6) is 0 Å². The van der Waals surface area contributed by atoms with Gasteiger partial charge in [-0.2, -0.15) is 0 Å². The van der Waals surface area contributed by atoms with Crippen LogP contribution in [0.1, 0.15) is 30.0 Å². The smallest absolute Gasteiger partial charge is 0.251 e. The number of rotatable bonds is 11. The number of aliphatic hydroxyl groups excluding tert-OH is 1. The quantitative estimate of drug-likeness (QED) is 0.386. The summed E-state index contributed by atoms with van der Waals surface area (Å²) < 4.78 is -0.797. The highest BCUT2D eigenvalue weighted by Crippen LogP contribution is 2.69. The topological polar surface area (TPSA) is 81.2 Å². The summed E-state index contributed by atoms with van der Waals surface area (Å²) in [7, 11) is 1.75. The third kappa shape index (κ3) is 5.02. The fraction of sp³-hybridized carbons (Fsp3) is 0.457. The molecule has 228 valence electrons. The van der Waals surface area contributed by atoms with Gasteiger partial charge in [0, 0.05) is 31.1 Å². The maximum Gasteiger partial charge on any atom is 0.251 e. The summed E-state index contributed by atoms with van der Waals surface area (Å²) in [5.41, 5.74) is 3.69. The summed E-state index contributed by atoms with van der Waals surface area (Å²) in [4.78, 5) is 48.9. The van der Waals surface area contributed by atoms with Gasteiger partial charge < -0.3 is 19.8 Å². The predicted molar refractivity (Wildman–Crippen MR) is 173 cm³/mol. The van der Waals surface area contributed by atoms with E-state index in [2.05, 4.69) is 20.1 Å². The number of hydrogen-bond acceptors (Lipinski definition) is 5. The summed E-state index contributed by atoms with van der Waals surface area (Å²) in [6.07, 6.45) is 4.55. The van der Waals surface area contributed by atoms with Gasteiger partial charge in [-0.05, 0) is 49.3 Å². The van der Waals surface area contributed by atoms with Crippen LogP contribution in [0.4, 0.5) is 5.69 Å². The molecule has 0 aromatic heterocycles. The molecule has 3 aliphatic rings. The molecule has 3 amide bonds. The molecule has 5 rings (SSSR count). The second-order valence-corrected chi connectivity index (χ2v) is 13.9. The first-order valence-corrected chi connectivity index (χ1v) is 16.0. The normalized spacial score (nSPS) is 28.0. The number of likely N-dealkylation sites (N-methyl/N-ethyl adjacent to an activating group) is 1. The van der Waals surface area contributed by atoms with Gasteiger partial charge in [-0.25, -0.2) is 0 Å². The molecule has 43 heavy (non-hydrogen) atoms. The number of thioether (sulfide) groups is 1. The molecule has 1 spiro atoms. The highest BCUT2D eigenvalue weighted by molar-refractivity contribution is 8.02. The molecule has 7 nitrogen and oxygen atoms in total. The first-order valence-electron chi connectivity index (χ1n) is 15.1. The van der Waals surface area contributed by atoms with Crippen molar-refractivity contribution in [3.63, 3.8) is 0 Å². The lowest BCUT2D eigenvalue weighted by molar-refractivity contribution is -0.145. The molecule has 3 saturated heterocycles. The number of amides is 3. The molecule has 0 saturated carbocycles. The Labute approximate surface area is 259 Å². The van der Waals surface area contributed by atoms with E-state index in [0.717, 1.165) is 28.8 Å². The molecule has 0 radical (unpaired) electrons. The molecule has 2 bridgehead atoms. The minimum absolute atomic E-state index is 0.0174. The maximum absolute atomic E-state index is 15.1. The van der Waals surface area contributed by atoms with Crippen molar-refractivity contribution >= 4 is 35.2 Å². The minimum Gasteiger partial charge on any atom is -0.394 e. The number of nitrogens with zero attached hydrogens (tertiary/aromatic N) is 3. The van der Waals surface area contributed by atoms with Crippen LogP contribution in [0.25, 0.3) is 0 Å². The first kappa shape index (κ1) is 31.1. The number of anilines is 1. The highest BCUT2D eigenvalue weighted by atomic mass is 32.2. The third-order valence-corrected chi connectivity index (χ3v) is 11.8. The standard InChI is InChI=1S/C35H43N3O4S/c1-7-17-36(6)32(40)28-27-19-24(5)35(43-27)29(28)33(41)38(26(21-39)20-25-15-10-9-11-16-25)31(35)34(42)37(18-8-2)30-22(3)13-12-14-23(30)4/h7-16,24,26-29,31,39H,1-2,17-21H2,3-6H3/t24?,26-,27+,28-,29+,31?,35?/m1/s1. The molecule has 1 N–H and O–H groups in total. The number of benzene rings is 2. The Morgan fingerprint density at radius 2 is 1.72 bits per heavy atom. The summed E-state index contributed by atoms with van der Waals surface area (Å²) in [6.45, 7) is 14.2. The van der Waals surface area contributed by atoms with Gasteiger partial charge in [0.2, 0.25) is 11.8 Å². The molecule has 3 fully saturated rings. The van der Waals surface area contributed by atoms with Gasteiger partial charge in [0.15, 0.2) is 0 Å². The zero-order valence-corrected chi connectivity index (χ0v) is 26.4. The molecular weight excluding hydrogens is 558 g/mol. The lowest BCUT2D eigenvalue weighted by Crippen LogP contribution is -2.60. The zero-order valence-electron chi connectivity index (χ0n) is 25.6. The van der Waals surface area contributed by atoms with E-state index in [1.807, 2.05) is 62.4 Å². The van der Waals surface area contributed by atoms with Crippen molar-refractivity contribution in [1.29, 1.82) is 0 Å². The minimum atomic E-state index is -0.850. The summed E-state index contributed by atoms with van der Waals surface area (Å²) >= 11 is 1.66. The number of carbonyl (C=O) groups is 3. The van der Waals surface area contributed by atoms with Crippen LogP contribution in [0.15, 0.2) is 73.8 Å². The number of likely N-dealkylation sites (tertiary alicyclic amines) is 1. The Hall–Kier alpha value is -3.36. The predicted octanol–water partition coefficient (Wildman–Crippen LogP) is 4.41. The molecule has 2 aromatic rings. The van der Waals surface area contributed by atoms with Crippen molar-refractivity contribution in [3.8, 4) is 0 Å². The van der Waals surface area contributed by atoms with Crippen LogP contribution in [0, 0.1) is 31.6 Å². The van der Waals surface area contributed by atoms with Gasteiger partial charge >= 0.3 is 0 Å². The molecule has 3 aliphatic heterocycles. The Kier molecular flexibility index (Phi) is 8.91. The first-order chi connectivity index (χ1) is 20.6. The van der Waals surface area contributed by atoms with Gasteiger partial charge in [-0.15, -0.1) is 24.9 Å². The number of fused-ring (bicyclic) bond motifs is 1. The van der Waals surface area contributed by atoms with Gasteiger partial charge in [0.05, 0.1) is 29.2 Å². The third-order valence-electron chi connectivity index (χ3n) is 9.69. The highest BCUT2D eigenvalue weighted by Gasteiger charge is 2.77. The van der Waals surface area contributed by atoms with Crippen molar-refractivity contribution < 1.29 is 19.5 Å². The lowest BCUT2D eigenvalue weighted by atomic mass is 9.65. The Morgan fingerprint density at radius 1 is 1.07 bits per heavy atom. The van der Waals surface area contributed by atoms with Gasteiger partial charge in [0.1, 0.15) is 6.04 Å². The monoisotopic (exact) mass is 601 g/mol. The van der Waals surface area contributed by atoms with E-state index in [0.29, 0.717) is 13.0 Å². The van der Waals surface area contributed by atoms with Gasteiger partial charge in [-0.1, -0.05) is 67.6 Å². The van der Waals surface area contributed by atoms with E-state index in [1.54, 1.807) is 45.7 Å². The van der Waals surface area contributed by atoms with Crippen molar-refractivity contribution in [2.24, 2.45) is 17.8 Å². The Morgan fingerprint density at radius 3 is 2.33 bits per heavy atom. The van der Waals surface area contributed by atoms with E-state index in [9.17, 15) is 14.7 Å². The SMILES string of the molecule is C=CCN(C)C(=O)[C@@H]1[C@@H]2CC(C)C3(S2)C(C(=O)N(CC=C)c2c(C)cccc2C)N([C@@H](CO)Cc2ccccc2)C(=O)[C@H]13. The van der Waals surface area contributed by atoms with Crippen molar-refractivity contribution in [1.82, 2.24) is 9.80 Å². The second kappa shape index (κ2) is 12.3. The molecule has 0 aliphatic carbocycles. The van der Waals surface area contributed by atoms with Crippen LogP contribution < -0.4 is 4.90 Å². The molecule has 8 heteroatoms. The van der Waals surface area contributed by atoms with E-state index < -0.39 is 28.7 Å². The van der Waals surface area contributed by atoms with Gasteiger partial charge in [0.25, 0.3) is 5.91 Å². The Bertz CT molecular complexity index is 1390. The van der Waals surface area contributed by atoms with E-state index in [1.165, 1.54) is 0 Å². The molecule has 2 aromatic carbocycles. The number of para-hydroxylation sites is 1. The van der Waals surface area contributed by atoms with Gasteiger partial charge in [-0.3, -0.25) is 14.4 Å². The van der Waals surface area contributed by atoms with Crippen LogP contribution in [0.2, 0.25) is 0 Å². The van der Waals surface area contributed by atoms with E-state index in [-0.39, 0.29) is 42.0 Å². The zero-order chi connectivity index (χ0) is 31.1. The van der Waals surface area contributed by atoms with E-state index in [4.69, 9.17) is 0 Å². The number of aliphatic hydroxyl groups is 1. The van der Waals surface area contributed by atoms with Crippen molar-refractivity contribution in [2.75, 3.05) is 31.6 Å². The summed E-state index contributed by atoms with van der Waals surface area (Å²) in [5.74, 6) is -1.66. The fourth-order valence-electron chi connectivity index (χ4n) is 7.89. The number of hydrogen-bond donors (Lipinski definition) is 1. The van der Waals surface area contributed by atoms with Crippen LogP contribution in [-0.4, -0.2) is 81.5 Å². The van der Waals surface area contributed by atoms with Crippen LogP contribution in [-0.2, 0) is 20.8 Å². The second-order valence-electron chi connectivity index (χ2n) is 12.3. The van der Waals surface area contributed by atoms with Crippen LogP contribution >= 0.6 is 11.8 Å². The number of aryl methyl sites for hydroxylation is 2. The molecule has 7 atom stereocenters. The lowest BCUT2D eigenvalue weighted by Gasteiger charge is -2.42. The summed E-state index contributed by atoms with van der Waals surface area (Å²) in [6, 6.07) is 14.2. The molecule has 3 heterocycles.